The first-order chi connectivity index (χ1) is 14.9. The van der Waals surface area contributed by atoms with Gasteiger partial charge in [0.05, 0.1) is 17.0 Å². The molecule has 1 aromatic rings. The fraction of sp³-hybridized carbons (Fsp3) is 0.316. The van der Waals surface area contributed by atoms with Gasteiger partial charge in [-0.15, -0.1) is 11.8 Å². The Morgan fingerprint density at radius 1 is 1.16 bits per heavy atom. The minimum Gasteiger partial charge on any atom is -0.475 e. The Balaban J connectivity index is 0.000000360. The van der Waals surface area contributed by atoms with Crippen LogP contribution in [-0.4, -0.2) is 76.5 Å². The molecule has 1 spiro atoms. The number of allylic oxidation sites excluding steroid dienone is 1. The molecule has 1 aliphatic carbocycles. The summed E-state index contributed by atoms with van der Waals surface area (Å²) in [6.45, 7) is 0.341. The summed E-state index contributed by atoms with van der Waals surface area (Å²) in [7, 11) is 0. The molecule has 4 N–H and O–H groups in total. The van der Waals surface area contributed by atoms with E-state index < -0.39 is 17.7 Å². The van der Waals surface area contributed by atoms with Crippen molar-refractivity contribution in [1.29, 1.82) is 0 Å². The van der Waals surface area contributed by atoms with E-state index in [9.17, 15) is 32.3 Å². The quantitative estimate of drug-likeness (QED) is 0.560. The first kappa shape index (κ1) is 23.5. The maximum Gasteiger partial charge on any atom is 0.490 e. The number of carbonyl (C=O) groups is 5. The zero-order valence-electron chi connectivity index (χ0n) is 16.2. The number of thioether (sulfide) groups is 1. The molecule has 9 nitrogen and oxygen atoms in total. The number of ketones is 2. The smallest absolute Gasteiger partial charge is 0.475 e. The van der Waals surface area contributed by atoms with Crippen molar-refractivity contribution in [3.8, 4) is 0 Å². The van der Waals surface area contributed by atoms with Gasteiger partial charge in [0.15, 0.2) is 11.3 Å². The number of hydrogen-bond acceptors (Lipinski definition) is 7. The third-order valence-electron chi connectivity index (χ3n) is 4.92. The van der Waals surface area contributed by atoms with Crippen LogP contribution in [0.4, 0.5) is 13.2 Å². The standard InChI is InChI=1S/C17H15N3O4S.C2HF3O2/c18-5-6-20-7-11(21)19-17(16(20)24)8-25-15-12(17)13(22)9-3-1-2-4-10(9)14(15)23;3-2(4,5)1(6)7/h1-4H,5-8,18H2,(H,19,21);(H,6,7). The van der Waals surface area contributed by atoms with E-state index >= 15 is 0 Å². The van der Waals surface area contributed by atoms with Crippen molar-refractivity contribution in [2.45, 2.75) is 11.7 Å². The number of halogens is 3. The van der Waals surface area contributed by atoms with Crippen molar-refractivity contribution in [1.82, 2.24) is 10.2 Å². The summed E-state index contributed by atoms with van der Waals surface area (Å²) in [6, 6.07) is 6.55. The number of fused-ring (bicyclic) bond motifs is 2. The first-order valence-electron chi connectivity index (χ1n) is 9.10. The van der Waals surface area contributed by atoms with Gasteiger partial charge in [-0.1, -0.05) is 24.3 Å². The molecule has 4 rings (SSSR count). The summed E-state index contributed by atoms with van der Waals surface area (Å²) < 4.78 is 31.7. The number of carboxylic acids is 1. The molecular formula is C19H16F3N3O6S. The lowest BCUT2D eigenvalue weighted by atomic mass is 9.78. The van der Waals surface area contributed by atoms with Crippen molar-refractivity contribution in [3.63, 3.8) is 0 Å². The fourth-order valence-electron chi connectivity index (χ4n) is 3.58. The van der Waals surface area contributed by atoms with Crippen LogP contribution in [0.15, 0.2) is 34.7 Å². The molecule has 13 heteroatoms. The van der Waals surface area contributed by atoms with Crippen LogP contribution in [0.3, 0.4) is 0 Å². The number of nitrogens with one attached hydrogen (secondary N) is 1. The molecule has 2 amide bonds. The van der Waals surface area contributed by atoms with E-state index in [2.05, 4.69) is 5.32 Å². The number of Topliss-reactive ketones (excluding diaryl/α,β-unsaturated/α-hetero) is 2. The number of nitrogens with two attached hydrogens (primary N) is 1. The molecular weight excluding hydrogens is 455 g/mol. The van der Waals surface area contributed by atoms with Crippen molar-refractivity contribution >= 4 is 41.1 Å². The van der Waals surface area contributed by atoms with Gasteiger partial charge in [0.1, 0.15) is 0 Å². The molecule has 1 atom stereocenters. The van der Waals surface area contributed by atoms with Crippen LogP contribution in [0.5, 0.6) is 0 Å². The van der Waals surface area contributed by atoms with Crippen LogP contribution in [-0.2, 0) is 14.4 Å². The molecule has 3 aliphatic rings. The van der Waals surface area contributed by atoms with E-state index in [0.717, 1.165) is 11.8 Å². The van der Waals surface area contributed by atoms with Crippen LogP contribution >= 0.6 is 11.8 Å². The van der Waals surface area contributed by atoms with Gasteiger partial charge in [0, 0.05) is 30.0 Å². The van der Waals surface area contributed by atoms with E-state index in [1.165, 1.54) is 4.90 Å². The second-order valence-electron chi connectivity index (χ2n) is 6.97. The normalized spacial score (nSPS) is 22.3. The van der Waals surface area contributed by atoms with E-state index in [1.807, 2.05) is 0 Å². The molecule has 2 heterocycles. The topological polar surface area (TPSA) is 147 Å². The molecule has 1 unspecified atom stereocenters. The van der Waals surface area contributed by atoms with Gasteiger partial charge in [-0.3, -0.25) is 19.2 Å². The predicted octanol–water partition coefficient (Wildman–Crippen LogP) is 0.356. The SMILES string of the molecule is NCCN1CC(=O)NC2(CSC3=C2C(=O)c2ccccc2C3=O)C1=O.O=C(O)C(F)(F)F. The van der Waals surface area contributed by atoms with Crippen LogP contribution in [0.25, 0.3) is 0 Å². The molecule has 0 saturated carbocycles. The Labute approximate surface area is 182 Å². The lowest BCUT2D eigenvalue weighted by molar-refractivity contribution is -0.192. The summed E-state index contributed by atoms with van der Waals surface area (Å²) >= 11 is 1.15. The number of alkyl halides is 3. The average molecular weight is 471 g/mol. The fourth-order valence-corrected chi connectivity index (χ4v) is 4.93. The number of carboxylic acid groups (broad SMARTS) is 1. The van der Waals surface area contributed by atoms with Gasteiger partial charge in [-0.25, -0.2) is 4.79 Å². The lowest BCUT2D eigenvalue weighted by Gasteiger charge is -2.40. The molecule has 0 bridgehead atoms. The highest BCUT2D eigenvalue weighted by molar-refractivity contribution is 8.04. The van der Waals surface area contributed by atoms with Crippen LogP contribution in [0, 0.1) is 0 Å². The van der Waals surface area contributed by atoms with Gasteiger partial charge >= 0.3 is 12.1 Å². The monoisotopic (exact) mass is 471 g/mol. The Kier molecular flexibility index (Phi) is 6.15. The number of aliphatic carboxylic acids is 1. The van der Waals surface area contributed by atoms with Gasteiger partial charge < -0.3 is 21.1 Å². The number of hydrogen-bond donors (Lipinski definition) is 3. The van der Waals surface area contributed by atoms with Gasteiger partial charge in [0.2, 0.25) is 11.7 Å². The Morgan fingerprint density at radius 3 is 2.25 bits per heavy atom. The minimum atomic E-state index is -5.08. The summed E-state index contributed by atoms with van der Waals surface area (Å²) in [5, 5.41) is 9.81. The molecule has 0 radical (unpaired) electrons. The zero-order valence-corrected chi connectivity index (χ0v) is 17.0. The molecule has 1 aromatic carbocycles. The second-order valence-corrected chi connectivity index (χ2v) is 7.95. The van der Waals surface area contributed by atoms with E-state index in [0.29, 0.717) is 5.56 Å². The number of nitrogens with zero attached hydrogens (tertiary/aromatic N) is 1. The van der Waals surface area contributed by atoms with Crippen molar-refractivity contribution in [2.75, 3.05) is 25.4 Å². The van der Waals surface area contributed by atoms with E-state index in [-0.39, 0.29) is 64.8 Å². The van der Waals surface area contributed by atoms with Crippen LogP contribution in [0.1, 0.15) is 20.7 Å². The molecule has 2 aliphatic heterocycles. The maximum atomic E-state index is 13.1. The maximum absolute atomic E-state index is 13.1. The predicted molar refractivity (Wildman–Crippen MR) is 105 cm³/mol. The van der Waals surface area contributed by atoms with Gasteiger partial charge in [-0.2, -0.15) is 13.2 Å². The van der Waals surface area contributed by atoms with E-state index in [1.54, 1.807) is 24.3 Å². The molecule has 0 aromatic heterocycles. The Morgan fingerprint density at radius 2 is 1.72 bits per heavy atom. The molecule has 32 heavy (non-hydrogen) atoms. The largest absolute Gasteiger partial charge is 0.490 e. The lowest BCUT2D eigenvalue weighted by Crippen LogP contribution is -2.69. The molecule has 1 fully saturated rings. The van der Waals surface area contributed by atoms with Crippen molar-refractivity contribution in [3.05, 3.63) is 45.9 Å². The highest BCUT2D eigenvalue weighted by atomic mass is 32.2. The number of carbonyl (C=O) groups excluding carboxylic acids is 4. The number of benzene rings is 1. The van der Waals surface area contributed by atoms with Crippen molar-refractivity contribution < 1.29 is 42.3 Å². The number of amides is 2. The summed E-state index contributed by atoms with van der Waals surface area (Å²) in [6.07, 6.45) is -5.08. The van der Waals surface area contributed by atoms with Crippen molar-refractivity contribution in [2.24, 2.45) is 5.73 Å². The van der Waals surface area contributed by atoms with Crippen LogP contribution < -0.4 is 11.1 Å². The molecule has 1 saturated heterocycles. The Bertz CT molecular complexity index is 1070. The number of piperazine rings is 1. The third kappa shape index (κ3) is 3.88. The van der Waals surface area contributed by atoms with Gasteiger partial charge in [0.25, 0.3) is 5.91 Å². The highest BCUT2D eigenvalue weighted by Crippen LogP contribution is 2.46. The highest BCUT2D eigenvalue weighted by Gasteiger charge is 2.58. The first-order valence-corrected chi connectivity index (χ1v) is 10.1. The summed E-state index contributed by atoms with van der Waals surface area (Å²) in [5.74, 6) is -4.01. The minimum absolute atomic E-state index is 0.0935. The average Bonchev–Trinajstić information content (AvgIpc) is 3.10. The van der Waals surface area contributed by atoms with Crippen LogP contribution in [0.2, 0.25) is 0 Å². The second kappa shape index (κ2) is 8.39. The molecule has 170 valence electrons. The third-order valence-corrected chi connectivity index (χ3v) is 6.17. The number of rotatable bonds is 2. The zero-order chi connectivity index (χ0) is 23.8. The summed E-state index contributed by atoms with van der Waals surface area (Å²) in [5.41, 5.74) is 4.76. The van der Waals surface area contributed by atoms with E-state index in [4.69, 9.17) is 15.6 Å². The summed E-state index contributed by atoms with van der Waals surface area (Å²) in [4.78, 5) is 61.6. The van der Waals surface area contributed by atoms with Gasteiger partial charge in [-0.05, 0) is 0 Å². The Hall–Kier alpha value is -3.19.